The molecule has 0 unspecified atom stereocenters. The maximum Gasteiger partial charge on any atom is 0.338 e. The van der Waals surface area contributed by atoms with Crippen LogP contribution in [0.15, 0.2) is 52.0 Å². The van der Waals surface area contributed by atoms with Crippen LogP contribution in [-0.2, 0) is 14.3 Å². The molecular weight excluding hydrogens is 450 g/mol. The van der Waals surface area contributed by atoms with E-state index >= 15 is 0 Å². The van der Waals surface area contributed by atoms with Crippen LogP contribution in [0.2, 0.25) is 0 Å². The molecule has 0 saturated carbocycles. The number of hydrogen-bond acceptors (Lipinski definition) is 8. The van der Waals surface area contributed by atoms with E-state index in [1.165, 1.54) is 22.9 Å². The molecule has 0 aliphatic carbocycles. The highest BCUT2D eigenvalue weighted by molar-refractivity contribution is 8.26. The molecule has 2 aromatic rings. The molecule has 1 saturated heterocycles. The number of hydrogen-bond donors (Lipinski definition) is 1. The molecule has 8 nitrogen and oxygen atoms in total. The molecular formula is C22H23N3O5S2. The van der Waals surface area contributed by atoms with E-state index in [0.717, 1.165) is 0 Å². The number of ether oxygens (including phenoxy) is 1. The predicted octanol–water partition coefficient (Wildman–Crippen LogP) is 3.23. The monoisotopic (exact) mass is 473 g/mol. The smallest absolute Gasteiger partial charge is 0.338 e. The average Bonchev–Trinajstić information content (AvgIpc) is 3.35. The summed E-state index contributed by atoms with van der Waals surface area (Å²) >= 11 is 6.45. The quantitative estimate of drug-likeness (QED) is 0.337. The molecule has 1 N–H and O–H groups in total. The van der Waals surface area contributed by atoms with Gasteiger partial charge in [0.1, 0.15) is 16.7 Å². The molecule has 0 radical (unpaired) electrons. The topological polar surface area (TPSA) is 92.1 Å². The van der Waals surface area contributed by atoms with E-state index < -0.39 is 5.97 Å². The van der Waals surface area contributed by atoms with Crippen molar-refractivity contribution in [3.63, 3.8) is 0 Å². The Labute approximate surface area is 195 Å². The van der Waals surface area contributed by atoms with Crippen LogP contribution in [0.4, 0.5) is 5.69 Å². The van der Waals surface area contributed by atoms with Gasteiger partial charge in [0.15, 0.2) is 0 Å². The van der Waals surface area contributed by atoms with Crippen molar-refractivity contribution in [1.82, 2.24) is 9.80 Å². The maximum absolute atomic E-state index is 12.6. The SMILES string of the molecule is CN(C)CCOC(=O)c1ccc(NC(=O)CCN2C(=O)C(=Cc3ccco3)SC2=S)cc1. The number of furan rings is 1. The van der Waals surface area contributed by atoms with Gasteiger partial charge in [-0.25, -0.2) is 4.79 Å². The first-order valence-electron chi connectivity index (χ1n) is 9.84. The number of rotatable bonds is 9. The fourth-order valence-corrected chi connectivity index (χ4v) is 4.01. The van der Waals surface area contributed by atoms with Crippen molar-refractivity contribution in [2.24, 2.45) is 0 Å². The third-order valence-corrected chi connectivity index (χ3v) is 5.81. The van der Waals surface area contributed by atoms with Crippen molar-refractivity contribution in [3.8, 4) is 0 Å². The van der Waals surface area contributed by atoms with Crippen LogP contribution in [0.25, 0.3) is 6.08 Å². The lowest BCUT2D eigenvalue weighted by Crippen LogP contribution is -2.31. The Morgan fingerprint density at radius 1 is 1.25 bits per heavy atom. The van der Waals surface area contributed by atoms with Gasteiger partial charge in [-0.15, -0.1) is 0 Å². The molecule has 0 bridgehead atoms. The van der Waals surface area contributed by atoms with Gasteiger partial charge < -0.3 is 19.4 Å². The summed E-state index contributed by atoms with van der Waals surface area (Å²) in [7, 11) is 3.79. The Balaban J connectivity index is 1.48. The van der Waals surface area contributed by atoms with E-state index in [2.05, 4.69) is 5.32 Å². The molecule has 1 aromatic carbocycles. The molecule has 0 atom stereocenters. The first kappa shape index (κ1) is 23.7. The third kappa shape index (κ3) is 6.52. The normalized spacial score (nSPS) is 15.0. The zero-order valence-corrected chi connectivity index (χ0v) is 19.3. The summed E-state index contributed by atoms with van der Waals surface area (Å²) in [5, 5.41) is 2.75. The fraction of sp³-hybridized carbons (Fsp3) is 0.273. The van der Waals surface area contributed by atoms with E-state index in [0.29, 0.717) is 39.4 Å². The second-order valence-corrected chi connectivity index (χ2v) is 8.84. The zero-order chi connectivity index (χ0) is 23.1. The Morgan fingerprint density at radius 3 is 2.66 bits per heavy atom. The van der Waals surface area contributed by atoms with Crippen LogP contribution in [0, 0.1) is 0 Å². The van der Waals surface area contributed by atoms with Gasteiger partial charge >= 0.3 is 5.97 Å². The van der Waals surface area contributed by atoms with Crippen molar-refractivity contribution in [2.75, 3.05) is 39.1 Å². The number of esters is 1. The minimum atomic E-state index is -0.415. The number of carbonyl (C=O) groups excluding carboxylic acids is 3. The second kappa shape index (κ2) is 11.1. The van der Waals surface area contributed by atoms with E-state index in [1.54, 1.807) is 42.5 Å². The minimum absolute atomic E-state index is 0.0782. The number of anilines is 1. The van der Waals surface area contributed by atoms with E-state index in [9.17, 15) is 14.4 Å². The molecule has 1 aromatic heterocycles. The van der Waals surface area contributed by atoms with E-state index in [1.807, 2.05) is 19.0 Å². The fourth-order valence-electron chi connectivity index (χ4n) is 2.73. The van der Waals surface area contributed by atoms with Crippen LogP contribution in [0.1, 0.15) is 22.5 Å². The largest absolute Gasteiger partial charge is 0.465 e. The van der Waals surface area contributed by atoms with Gasteiger partial charge in [-0.1, -0.05) is 24.0 Å². The van der Waals surface area contributed by atoms with Gasteiger partial charge in [0, 0.05) is 31.3 Å². The second-order valence-electron chi connectivity index (χ2n) is 7.16. The molecule has 10 heteroatoms. The van der Waals surface area contributed by atoms with Gasteiger partial charge in [-0.2, -0.15) is 0 Å². The number of amides is 2. The third-order valence-electron chi connectivity index (χ3n) is 4.43. The molecule has 2 amide bonds. The highest BCUT2D eigenvalue weighted by Gasteiger charge is 2.32. The van der Waals surface area contributed by atoms with Crippen LogP contribution in [0.3, 0.4) is 0 Å². The number of nitrogens with zero attached hydrogens (tertiary/aromatic N) is 2. The molecule has 1 fully saturated rings. The standard InChI is InChI=1S/C22H23N3O5S2/c1-24(2)11-13-30-21(28)15-5-7-16(8-6-15)23-19(26)9-10-25-20(27)18(32-22(25)31)14-17-4-3-12-29-17/h3-8,12,14H,9-11,13H2,1-2H3,(H,23,26). The molecule has 0 spiro atoms. The number of thioether (sulfide) groups is 1. The number of likely N-dealkylation sites (N-methyl/N-ethyl adjacent to an activating group) is 1. The van der Waals surface area contributed by atoms with Crippen LogP contribution < -0.4 is 5.32 Å². The zero-order valence-electron chi connectivity index (χ0n) is 17.7. The summed E-state index contributed by atoms with van der Waals surface area (Å²) in [4.78, 5) is 40.7. The summed E-state index contributed by atoms with van der Waals surface area (Å²) in [5.41, 5.74) is 0.950. The Hall–Kier alpha value is -2.95. The predicted molar refractivity (Wildman–Crippen MR) is 127 cm³/mol. The van der Waals surface area contributed by atoms with Gasteiger partial charge in [0.25, 0.3) is 5.91 Å². The molecule has 2 heterocycles. The van der Waals surface area contributed by atoms with Gasteiger partial charge in [0.05, 0.1) is 16.7 Å². The lowest BCUT2D eigenvalue weighted by atomic mass is 10.2. The summed E-state index contributed by atoms with van der Waals surface area (Å²) in [6.07, 6.45) is 3.23. The Bertz CT molecular complexity index is 1020. The average molecular weight is 474 g/mol. The van der Waals surface area contributed by atoms with Crippen LogP contribution in [-0.4, -0.2) is 65.7 Å². The van der Waals surface area contributed by atoms with Crippen molar-refractivity contribution in [1.29, 1.82) is 0 Å². The summed E-state index contributed by atoms with van der Waals surface area (Å²) in [5.74, 6) is -0.369. The Kier molecular flexibility index (Phi) is 8.20. The first-order chi connectivity index (χ1) is 15.3. The van der Waals surface area contributed by atoms with E-state index in [-0.39, 0.29) is 24.8 Å². The molecule has 1 aliphatic heterocycles. The molecule has 3 rings (SSSR count). The van der Waals surface area contributed by atoms with Gasteiger partial charge in [-0.05, 0) is 50.5 Å². The highest BCUT2D eigenvalue weighted by Crippen LogP contribution is 2.32. The summed E-state index contributed by atoms with van der Waals surface area (Å²) < 4.78 is 10.8. The summed E-state index contributed by atoms with van der Waals surface area (Å²) in [6, 6.07) is 9.93. The van der Waals surface area contributed by atoms with Crippen molar-refractivity contribution >= 4 is 57.8 Å². The molecule has 32 heavy (non-hydrogen) atoms. The number of nitrogens with one attached hydrogen (secondary N) is 1. The molecule has 1 aliphatic rings. The summed E-state index contributed by atoms with van der Waals surface area (Å²) in [6.45, 7) is 1.11. The van der Waals surface area contributed by atoms with Crippen LogP contribution in [0.5, 0.6) is 0 Å². The number of benzene rings is 1. The van der Waals surface area contributed by atoms with E-state index in [4.69, 9.17) is 21.4 Å². The van der Waals surface area contributed by atoms with Gasteiger partial charge in [0.2, 0.25) is 5.91 Å². The first-order valence-corrected chi connectivity index (χ1v) is 11.1. The Morgan fingerprint density at radius 2 is 2.00 bits per heavy atom. The minimum Gasteiger partial charge on any atom is -0.465 e. The highest BCUT2D eigenvalue weighted by atomic mass is 32.2. The van der Waals surface area contributed by atoms with Crippen molar-refractivity contribution < 1.29 is 23.5 Å². The van der Waals surface area contributed by atoms with Crippen molar-refractivity contribution in [2.45, 2.75) is 6.42 Å². The lowest BCUT2D eigenvalue weighted by molar-refractivity contribution is -0.122. The lowest BCUT2D eigenvalue weighted by Gasteiger charge is -2.14. The van der Waals surface area contributed by atoms with Crippen LogP contribution >= 0.6 is 24.0 Å². The molecule has 168 valence electrons. The number of carbonyl (C=O) groups is 3. The maximum atomic E-state index is 12.6. The van der Waals surface area contributed by atoms with Gasteiger partial charge in [-0.3, -0.25) is 14.5 Å². The number of thiocarbonyl (C=S) groups is 1. The van der Waals surface area contributed by atoms with Crippen molar-refractivity contribution in [3.05, 3.63) is 58.9 Å².